The van der Waals surface area contributed by atoms with Crippen LogP contribution in [0.5, 0.6) is 5.75 Å². The molecule has 4 rings (SSSR count). The third-order valence-corrected chi connectivity index (χ3v) is 8.46. The average molecular weight is 586 g/mol. The predicted molar refractivity (Wildman–Crippen MR) is 150 cm³/mol. The number of halogens is 4. The highest BCUT2D eigenvalue weighted by molar-refractivity contribution is 7.92. The van der Waals surface area contributed by atoms with Crippen LogP contribution in [0.3, 0.4) is 0 Å². The van der Waals surface area contributed by atoms with Crippen LogP contribution in [0.4, 0.5) is 14.5 Å². The first-order chi connectivity index (χ1) is 17.7. The van der Waals surface area contributed by atoms with E-state index in [4.69, 9.17) is 16.3 Å². The van der Waals surface area contributed by atoms with E-state index in [0.29, 0.717) is 22.9 Å². The minimum Gasteiger partial charge on any atom is -0.493 e. The molecule has 0 saturated carbocycles. The quantitative estimate of drug-likeness (QED) is 0.241. The summed E-state index contributed by atoms with van der Waals surface area (Å²) < 4.78 is 63.4. The maximum absolute atomic E-state index is 14.9. The predicted octanol–water partition coefficient (Wildman–Crippen LogP) is 7.00. The van der Waals surface area contributed by atoms with Crippen molar-refractivity contribution in [3.05, 3.63) is 88.4 Å². The third kappa shape index (κ3) is 7.59. The highest BCUT2D eigenvalue weighted by Crippen LogP contribution is 2.32. The van der Waals surface area contributed by atoms with E-state index in [9.17, 15) is 17.2 Å². The lowest BCUT2D eigenvalue weighted by atomic mass is 10.1. The van der Waals surface area contributed by atoms with E-state index in [1.165, 1.54) is 43.5 Å². The van der Waals surface area contributed by atoms with Crippen molar-refractivity contribution in [1.29, 1.82) is 0 Å². The number of aryl methyl sites for hydroxylation is 1. The summed E-state index contributed by atoms with van der Waals surface area (Å²) in [6, 6.07) is 13.8. The second-order valence-corrected chi connectivity index (χ2v) is 11.6. The highest BCUT2D eigenvalue weighted by atomic mass is 35.5. The van der Waals surface area contributed by atoms with Crippen molar-refractivity contribution in [3.8, 4) is 5.75 Å². The topological polar surface area (TPSA) is 49.9 Å². The molecule has 0 bridgehead atoms. The number of nitrogens with zero attached hydrogens (tertiary/aromatic N) is 2. The molecule has 0 aliphatic carbocycles. The first kappa shape index (κ1) is 30.2. The minimum absolute atomic E-state index is 0. The zero-order valence-corrected chi connectivity index (χ0v) is 23.6. The molecule has 10 heteroatoms. The Hall–Kier alpha value is -2.39. The van der Waals surface area contributed by atoms with E-state index < -0.39 is 21.7 Å². The number of hydrogen-bond acceptors (Lipinski definition) is 4. The fourth-order valence-corrected chi connectivity index (χ4v) is 6.06. The molecule has 0 atom stereocenters. The van der Waals surface area contributed by atoms with Gasteiger partial charge in [-0.05, 0) is 81.7 Å². The van der Waals surface area contributed by atoms with Crippen LogP contribution in [-0.4, -0.2) is 39.6 Å². The molecule has 0 radical (unpaired) electrons. The van der Waals surface area contributed by atoms with Crippen LogP contribution >= 0.6 is 24.0 Å². The molecule has 0 amide bonds. The summed E-state index contributed by atoms with van der Waals surface area (Å²) in [5.41, 5.74) is 1.06. The van der Waals surface area contributed by atoms with Crippen molar-refractivity contribution in [1.82, 2.24) is 4.90 Å². The van der Waals surface area contributed by atoms with Crippen molar-refractivity contribution in [3.63, 3.8) is 0 Å². The molecule has 3 aromatic carbocycles. The van der Waals surface area contributed by atoms with Gasteiger partial charge in [-0.25, -0.2) is 17.2 Å². The Morgan fingerprint density at radius 1 is 0.974 bits per heavy atom. The summed E-state index contributed by atoms with van der Waals surface area (Å²) in [5.74, 6) is -1.08. The van der Waals surface area contributed by atoms with Gasteiger partial charge < -0.3 is 9.64 Å². The summed E-state index contributed by atoms with van der Waals surface area (Å²) in [5, 5.41) is 0.362. The highest BCUT2D eigenvalue weighted by Gasteiger charge is 2.29. The van der Waals surface area contributed by atoms with Crippen LogP contribution in [0.25, 0.3) is 0 Å². The number of benzene rings is 3. The Bertz CT molecular complexity index is 1320. The van der Waals surface area contributed by atoms with Crippen LogP contribution in [0.15, 0.2) is 65.6 Å². The van der Waals surface area contributed by atoms with E-state index in [2.05, 4.69) is 4.90 Å². The summed E-state index contributed by atoms with van der Waals surface area (Å²) in [7, 11) is -4.27. The molecule has 1 saturated heterocycles. The van der Waals surface area contributed by atoms with Gasteiger partial charge >= 0.3 is 0 Å². The Morgan fingerprint density at radius 2 is 1.68 bits per heavy atom. The third-order valence-electron chi connectivity index (χ3n) is 6.43. The smallest absolute Gasteiger partial charge is 0.264 e. The van der Waals surface area contributed by atoms with Gasteiger partial charge in [-0.3, -0.25) is 4.31 Å². The van der Waals surface area contributed by atoms with Crippen molar-refractivity contribution < 1.29 is 21.9 Å². The Morgan fingerprint density at radius 3 is 2.39 bits per heavy atom. The van der Waals surface area contributed by atoms with Crippen LogP contribution in [0.2, 0.25) is 5.02 Å². The van der Waals surface area contributed by atoms with Gasteiger partial charge in [0.1, 0.15) is 17.4 Å². The van der Waals surface area contributed by atoms with Gasteiger partial charge in [0, 0.05) is 23.2 Å². The second kappa shape index (κ2) is 13.6. The van der Waals surface area contributed by atoms with E-state index in [1.807, 2.05) is 19.1 Å². The minimum atomic E-state index is -4.27. The number of likely N-dealkylation sites (tertiary alicyclic amines) is 1. The van der Waals surface area contributed by atoms with E-state index >= 15 is 0 Å². The molecule has 1 aliphatic rings. The molecule has 1 aliphatic heterocycles. The van der Waals surface area contributed by atoms with Crippen LogP contribution in [0.1, 0.15) is 36.8 Å². The zero-order chi connectivity index (χ0) is 26.4. The van der Waals surface area contributed by atoms with E-state index in [0.717, 1.165) is 54.1 Å². The number of piperidine rings is 1. The molecular weight excluding hydrogens is 553 g/mol. The lowest BCUT2D eigenvalue weighted by molar-refractivity contribution is 0.204. The first-order valence-corrected chi connectivity index (χ1v) is 14.2. The maximum atomic E-state index is 14.9. The van der Waals surface area contributed by atoms with Crippen LogP contribution < -0.4 is 9.04 Å². The van der Waals surface area contributed by atoms with Gasteiger partial charge in [0.15, 0.2) is 0 Å². The lowest BCUT2D eigenvalue weighted by Gasteiger charge is -2.27. The van der Waals surface area contributed by atoms with Crippen LogP contribution in [0, 0.1) is 18.6 Å². The molecule has 1 heterocycles. The van der Waals surface area contributed by atoms with E-state index in [1.54, 1.807) is 6.07 Å². The number of sulfonamides is 1. The normalized spacial score (nSPS) is 14.1. The van der Waals surface area contributed by atoms with Gasteiger partial charge in [0.25, 0.3) is 10.0 Å². The van der Waals surface area contributed by atoms with Crippen molar-refractivity contribution in [2.75, 3.05) is 30.5 Å². The molecule has 0 unspecified atom stereocenters. The van der Waals surface area contributed by atoms with Gasteiger partial charge in [0.2, 0.25) is 0 Å². The fraction of sp³-hybridized carbons (Fsp3) is 0.357. The summed E-state index contributed by atoms with van der Waals surface area (Å²) >= 11 is 5.94. The van der Waals surface area contributed by atoms with Crippen LogP contribution in [-0.2, 0) is 16.6 Å². The monoisotopic (exact) mass is 584 g/mol. The zero-order valence-electron chi connectivity index (χ0n) is 21.2. The summed E-state index contributed by atoms with van der Waals surface area (Å²) in [6.07, 6.45) is 4.55. The SMILES string of the molecule is Cc1ccc(OCCCN2CCCCC2)c(CN(c2cc(F)ccc2F)S(=O)(=O)c2ccc(Cl)cc2)c1.Cl. The average Bonchev–Trinajstić information content (AvgIpc) is 2.88. The number of rotatable bonds is 10. The van der Waals surface area contributed by atoms with Crippen molar-refractivity contribution >= 4 is 39.7 Å². The van der Waals surface area contributed by atoms with Crippen molar-refractivity contribution in [2.24, 2.45) is 0 Å². The molecule has 1 fully saturated rings. The number of anilines is 1. The molecule has 0 aromatic heterocycles. The standard InChI is InChI=1S/C28H31ClF2N2O3S.ClH/c1-21-6-13-28(36-17-5-16-32-14-3-2-4-15-32)22(18-21)20-33(27-19-24(30)9-12-26(27)31)37(34,35)25-10-7-23(29)8-11-25;/h6-13,18-19H,2-5,14-17,20H2,1H3;1H. The summed E-state index contributed by atoms with van der Waals surface area (Å²) in [6.45, 7) is 5.25. The molecule has 206 valence electrons. The Kier molecular flexibility index (Phi) is 10.8. The first-order valence-electron chi connectivity index (χ1n) is 12.4. The molecule has 38 heavy (non-hydrogen) atoms. The molecule has 3 aromatic rings. The Balaban J connectivity index is 0.00000400. The molecular formula is C28H32Cl2F2N2O3S. The fourth-order valence-electron chi connectivity index (χ4n) is 4.49. The van der Waals surface area contributed by atoms with E-state index in [-0.39, 0.29) is 29.5 Å². The number of hydrogen-bond donors (Lipinski definition) is 0. The maximum Gasteiger partial charge on any atom is 0.264 e. The summed E-state index contributed by atoms with van der Waals surface area (Å²) in [4.78, 5) is 2.34. The lowest BCUT2D eigenvalue weighted by Crippen LogP contribution is -2.32. The van der Waals surface area contributed by atoms with Gasteiger partial charge in [-0.15, -0.1) is 12.4 Å². The molecule has 0 spiro atoms. The molecule has 5 nitrogen and oxygen atoms in total. The van der Waals surface area contributed by atoms with Crippen molar-refractivity contribution in [2.45, 2.75) is 44.0 Å². The largest absolute Gasteiger partial charge is 0.493 e. The number of ether oxygens (including phenoxy) is 1. The van der Waals surface area contributed by atoms with Gasteiger partial charge in [-0.2, -0.15) is 0 Å². The Labute approximate surface area is 234 Å². The molecule has 0 N–H and O–H groups in total. The second-order valence-electron chi connectivity index (χ2n) is 9.28. The van der Waals surface area contributed by atoms with Gasteiger partial charge in [0.05, 0.1) is 23.7 Å². The van der Waals surface area contributed by atoms with Gasteiger partial charge in [-0.1, -0.05) is 35.7 Å².